The van der Waals surface area contributed by atoms with E-state index in [0.717, 1.165) is 11.1 Å². The number of nitrogens with zero attached hydrogens (tertiary/aromatic N) is 1. The number of hydrogen-bond acceptors (Lipinski definition) is 4. The molecule has 1 aliphatic rings. The molecule has 32 heavy (non-hydrogen) atoms. The number of aryl methyl sites for hydroxylation is 1. The molecule has 0 aliphatic carbocycles. The van der Waals surface area contributed by atoms with Crippen LogP contribution in [-0.4, -0.2) is 44.2 Å². The number of carbonyl (C=O) groups is 2. The molecule has 7 nitrogen and oxygen atoms in total. The Kier molecular flexibility index (Phi) is 7.82. The molecule has 3 rings (SSSR count). The van der Waals surface area contributed by atoms with Gasteiger partial charge in [-0.15, -0.1) is 6.58 Å². The minimum absolute atomic E-state index is 0.0429. The summed E-state index contributed by atoms with van der Waals surface area (Å²) in [4.78, 5) is 25.1. The molecule has 8 heteroatoms. The Morgan fingerprint density at radius 3 is 2.53 bits per heavy atom. The van der Waals surface area contributed by atoms with E-state index in [2.05, 4.69) is 17.2 Å². The number of para-hydroxylation sites is 1. The Bertz CT molecular complexity index is 1090. The van der Waals surface area contributed by atoms with Crippen molar-refractivity contribution in [1.29, 1.82) is 0 Å². The highest BCUT2D eigenvalue weighted by atomic mass is 32.2. The van der Waals surface area contributed by atoms with Crippen LogP contribution in [0.5, 0.6) is 0 Å². The molecule has 1 saturated heterocycles. The lowest BCUT2D eigenvalue weighted by atomic mass is 9.97. The van der Waals surface area contributed by atoms with Gasteiger partial charge in [-0.25, -0.2) is 12.7 Å². The molecule has 2 aromatic carbocycles. The minimum atomic E-state index is -3.45. The Morgan fingerprint density at radius 1 is 1.12 bits per heavy atom. The Morgan fingerprint density at radius 2 is 1.84 bits per heavy atom. The van der Waals surface area contributed by atoms with Gasteiger partial charge in [-0.3, -0.25) is 9.59 Å². The van der Waals surface area contributed by atoms with Crippen LogP contribution in [0.15, 0.2) is 61.2 Å². The number of benzene rings is 2. The summed E-state index contributed by atoms with van der Waals surface area (Å²) in [7, 11) is -3.45. The van der Waals surface area contributed by atoms with E-state index in [1.165, 1.54) is 4.31 Å². The smallest absolute Gasteiger partial charge is 0.253 e. The Hall–Kier alpha value is -2.97. The molecule has 0 atom stereocenters. The summed E-state index contributed by atoms with van der Waals surface area (Å²) in [5.41, 5.74) is 2.59. The van der Waals surface area contributed by atoms with Crippen molar-refractivity contribution in [3.8, 4) is 0 Å². The fraction of sp³-hybridized carbons (Fsp3) is 0.333. The van der Waals surface area contributed by atoms with Crippen LogP contribution < -0.4 is 10.6 Å². The molecule has 2 amide bonds. The molecule has 0 spiro atoms. The molecule has 0 bridgehead atoms. The van der Waals surface area contributed by atoms with E-state index in [1.807, 2.05) is 31.2 Å². The maximum atomic E-state index is 12.8. The summed E-state index contributed by atoms with van der Waals surface area (Å²) in [5.74, 6) is -0.856. The zero-order chi connectivity index (χ0) is 23.1. The fourth-order valence-corrected chi connectivity index (χ4v) is 5.34. The topological polar surface area (TPSA) is 95.6 Å². The van der Waals surface area contributed by atoms with Gasteiger partial charge in [0.1, 0.15) is 0 Å². The molecular weight excluding hydrogens is 426 g/mol. The molecule has 2 N–H and O–H groups in total. The van der Waals surface area contributed by atoms with Crippen LogP contribution in [-0.2, 0) is 20.6 Å². The SMILES string of the molecule is C=CCNC(=O)c1ccccc1NC(=O)C1CCN(S(=O)(=O)Cc2cccc(C)c2)CC1. The monoisotopic (exact) mass is 455 g/mol. The van der Waals surface area contributed by atoms with Crippen molar-refractivity contribution in [2.75, 3.05) is 25.0 Å². The average Bonchev–Trinajstić information content (AvgIpc) is 2.77. The van der Waals surface area contributed by atoms with Gasteiger partial charge in [-0.2, -0.15) is 0 Å². The van der Waals surface area contributed by atoms with Crippen LogP contribution in [0.25, 0.3) is 0 Å². The lowest BCUT2D eigenvalue weighted by Gasteiger charge is -2.30. The fourth-order valence-electron chi connectivity index (χ4n) is 3.78. The lowest BCUT2D eigenvalue weighted by molar-refractivity contribution is -0.120. The second-order valence-electron chi connectivity index (χ2n) is 7.95. The molecule has 0 saturated carbocycles. The third-order valence-electron chi connectivity index (χ3n) is 5.49. The summed E-state index contributed by atoms with van der Waals surface area (Å²) >= 11 is 0. The second kappa shape index (κ2) is 10.6. The quantitative estimate of drug-likeness (QED) is 0.598. The highest BCUT2D eigenvalue weighted by molar-refractivity contribution is 7.88. The molecular formula is C24H29N3O4S. The van der Waals surface area contributed by atoms with E-state index in [9.17, 15) is 18.0 Å². The van der Waals surface area contributed by atoms with Crippen molar-refractivity contribution < 1.29 is 18.0 Å². The predicted molar refractivity (Wildman–Crippen MR) is 126 cm³/mol. The first kappa shape index (κ1) is 23.7. The normalized spacial score (nSPS) is 15.2. The highest BCUT2D eigenvalue weighted by Gasteiger charge is 2.31. The van der Waals surface area contributed by atoms with Crippen LogP contribution in [0.2, 0.25) is 0 Å². The first-order valence-electron chi connectivity index (χ1n) is 10.6. The molecule has 1 heterocycles. The van der Waals surface area contributed by atoms with E-state index >= 15 is 0 Å². The summed E-state index contributed by atoms with van der Waals surface area (Å²) in [6.07, 6.45) is 2.45. The van der Waals surface area contributed by atoms with Gasteiger partial charge < -0.3 is 10.6 Å². The minimum Gasteiger partial charge on any atom is -0.349 e. The third-order valence-corrected chi connectivity index (χ3v) is 7.34. The van der Waals surface area contributed by atoms with Crippen molar-refractivity contribution in [3.05, 3.63) is 77.9 Å². The van der Waals surface area contributed by atoms with Crippen molar-refractivity contribution in [2.45, 2.75) is 25.5 Å². The first-order chi connectivity index (χ1) is 15.3. The molecule has 1 fully saturated rings. The molecule has 0 unspecified atom stereocenters. The lowest BCUT2D eigenvalue weighted by Crippen LogP contribution is -2.42. The molecule has 2 aromatic rings. The summed E-state index contributed by atoms with van der Waals surface area (Å²) < 4.78 is 27.1. The molecule has 170 valence electrons. The summed E-state index contributed by atoms with van der Waals surface area (Å²) in [5, 5.41) is 5.55. The van der Waals surface area contributed by atoms with Crippen molar-refractivity contribution in [1.82, 2.24) is 9.62 Å². The van der Waals surface area contributed by atoms with Gasteiger partial charge >= 0.3 is 0 Å². The third kappa shape index (κ3) is 6.05. The average molecular weight is 456 g/mol. The van der Waals surface area contributed by atoms with Gasteiger partial charge in [0.2, 0.25) is 15.9 Å². The maximum Gasteiger partial charge on any atom is 0.253 e. The molecule has 0 radical (unpaired) electrons. The number of nitrogens with one attached hydrogen (secondary N) is 2. The number of carbonyl (C=O) groups excluding carboxylic acids is 2. The molecule has 1 aliphatic heterocycles. The van der Waals surface area contributed by atoms with E-state index in [0.29, 0.717) is 43.7 Å². The number of hydrogen-bond donors (Lipinski definition) is 2. The summed E-state index contributed by atoms with van der Waals surface area (Å²) in [6.45, 7) is 6.44. The van der Waals surface area contributed by atoms with E-state index < -0.39 is 10.0 Å². The van der Waals surface area contributed by atoms with E-state index in [-0.39, 0.29) is 23.5 Å². The van der Waals surface area contributed by atoms with Crippen LogP contribution in [0.1, 0.15) is 34.3 Å². The second-order valence-corrected chi connectivity index (χ2v) is 9.92. The van der Waals surface area contributed by atoms with Gasteiger partial charge in [0.25, 0.3) is 5.91 Å². The number of sulfonamides is 1. The summed E-state index contributed by atoms with van der Waals surface area (Å²) in [6, 6.07) is 14.3. The van der Waals surface area contributed by atoms with Gasteiger partial charge in [0, 0.05) is 25.6 Å². The van der Waals surface area contributed by atoms with E-state index in [4.69, 9.17) is 0 Å². The van der Waals surface area contributed by atoms with E-state index in [1.54, 1.807) is 30.3 Å². The van der Waals surface area contributed by atoms with Crippen LogP contribution in [0.3, 0.4) is 0 Å². The predicted octanol–water partition coefficient (Wildman–Crippen LogP) is 3.09. The van der Waals surface area contributed by atoms with Gasteiger partial charge in [0.05, 0.1) is 17.0 Å². The van der Waals surface area contributed by atoms with Gasteiger partial charge in [0.15, 0.2) is 0 Å². The number of piperidine rings is 1. The zero-order valence-corrected chi connectivity index (χ0v) is 19.0. The van der Waals surface area contributed by atoms with Crippen LogP contribution in [0.4, 0.5) is 5.69 Å². The van der Waals surface area contributed by atoms with Crippen LogP contribution in [0, 0.1) is 12.8 Å². The Balaban J connectivity index is 1.59. The number of anilines is 1. The standard InChI is InChI=1S/C24H29N3O4S/c1-3-13-25-24(29)21-9-4-5-10-22(21)26-23(28)20-11-14-27(15-12-20)32(30,31)17-19-8-6-7-18(2)16-19/h3-10,16,20H,1,11-15,17H2,2H3,(H,25,29)(H,26,28). The first-order valence-corrected chi connectivity index (χ1v) is 12.2. The van der Waals surface area contributed by atoms with Crippen molar-refractivity contribution in [2.24, 2.45) is 5.92 Å². The van der Waals surface area contributed by atoms with Crippen LogP contribution >= 0.6 is 0 Å². The van der Waals surface area contributed by atoms with Gasteiger partial charge in [-0.1, -0.05) is 48.0 Å². The van der Waals surface area contributed by atoms with Gasteiger partial charge in [-0.05, 0) is 37.5 Å². The largest absolute Gasteiger partial charge is 0.349 e. The van der Waals surface area contributed by atoms with Crippen molar-refractivity contribution >= 4 is 27.5 Å². The van der Waals surface area contributed by atoms with Crippen molar-refractivity contribution in [3.63, 3.8) is 0 Å². The number of rotatable bonds is 8. The molecule has 0 aromatic heterocycles. The highest BCUT2D eigenvalue weighted by Crippen LogP contribution is 2.24. The Labute approximate surface area is 189 Å². The maximum absolute atomic E-state index is 12.8. The zero-order valence-electron chi connectivity index (χ0n) is 18.2. The number of amides is 2.